The van der Waals surface area contributed by atoms with Gasteiger partial charge in [0.1, 0.15) is 0 Å². The number of rotatable bonds is 2. The molecule has 1 saturated heterocycles. The first-order valence-corrected chi connectivity index (χ1v) is 5.15. The van der Waals surface area contributed by atoms with E-state index in [1.54, 1.807) is 0 Å². The summed E-state index contributed by atoms with van der Waals surface area (Å²) in [5.74, 6) is 0. The van der Waals surface area contributed by atoms with E-state index in [9.17, 15) is 0 Å². The summed E-state index contributed by atoms with van der Waals surface area (Å²) < 4.78 is 2.03. The van der Waals surface area contributed by atoms with Crippen molar-refractivity contribution in [2.45, 2.75) is 38.8 Å². The highest BCUT2D eigenvalue weighted by atomic mass is 35.5. The molecular weight excluding hydrogens is 172 g/mol. The third-order valence-electron chi connectivity index (χ3n) is 2.69. The van der Waals surface area contributed by atoms with Crippen LogP contribution in [0.5, 0.6) is 0 Å². The van der Waals surface area contributed by atoms with Crippen LogP contribution in [0.4, 0.5) is 0 Å². The lowest BCUT2D eigenvalue weighted by atomic mass is 10.1. The fourth-order valence-electron chi connectivity index (χ4n) is 1.86. The molecule has 3 heteroatoms. The minimum absolute atomic E-state index is 0.537. The summed E-state index contributed by atoms with van der Waals surface area (Å²) in [6, 6.07) is 1.07. The fraction of sp³-hybridized carbons (Fsp3) is 1.00. The van der Waals surface area contributed by atoms with E-state index in [0.29, 0.717) is 12.1 Å². The Morgan fingerprint density at radius 3 is 1.92 bits per heavy atom. The number of halogens is 1. The maximum Gasteiger partial charge on any atom is 0.0379 e. The zero-order valence-electron chi connectivity index (χ0n) is 8.26. The van der Waals surface area contributed by atoms with Crippen molar-refractivity contribution in [2.75, 3.05) is 20.1 Å². The van der Waals surface area contributed by atoms with Crippen molar-refractivity contribution < 1.29 is 0 Å². The van der Waals surface area contributed by atoms with Crippen molar-refractivity contribution in [3.8, 4) is 0 Å². The highest BCUT2D eigenvalue weighted by Gasteiger charge is 2.29. The molecule has 72 valence electrons. The van der Waals surface area contributed by atoms with Crippen molar-refractivity contribution >= 4 is 11.8 Å². The normalized spacial score (nSPS) is 34.0. The van der Waals surface area contributed by atoms with Gasteiger partial charge in [0.15, 0.2) is 0 Å². The van der Waals surface area contributed by atoms with Crippen LogP contribution in [0.15, 0.2) is 0 Å². The Bertz CT molecular complexity index is 126. The largest absolute Gasteiger partial charge is 0.303 e. The van der Waals surface area contributed by atoms with Crippen molar-refractivity contribution in [1.29, 1.82) is 0 Å². The molecule has 0 unspecified atom stereocenters. The van der Waals surface area contributed by atoms with Crippen LogP contribution in [0.2, 0.25) is 0 Å². The molecule has 1 aliphatic heterocycles. The molecule has 0 aromatic heterocycles. The number of piperazine rings is 1. The van der Waals surface area contributed by atoms with Gasteiger partial charge in [-0.1, -0.05) is 13.8 Å². The molecule has 0 saturated carbocycles. The topological polar surface area (TPSA) is 6.48 Å². The molecule has 1 aliphatic rings. The van der Waals surface area contributed by atoms with Crippen LogP contribution in [0.3, 0.4) is 0 Å². The van der Waals surface area contributed by atoms with E-state index >= 15 is 0 Å². The molecular formula is C9H19ClN2. The molecule has 2 nitrogen and oxygen atoms in total. The van der Waals surface area contributed by atoms with Gasteiger partial charge in [-0.3, -0.25) is 0 Å². The van der Waals surface area contributed by atoms with Crippen LogP contribution in [-0.2, 0) is 0 Å². The SMILES string of the molecule is CC[C@@H]1CN(C)C[C@@H](CC)N1Cl. The van der Waals surface area contributed by atoms with Crippen LogP contribution in [-0.4, -0.2) is 41.5 Å². The van der Waals surface area contributed by atoms with Gasteiger partial charge in [0, 0.05) is 25.2 Å². The molecule has 1 fully saturated rings. The zero-order chi connectivity index (χ0) is 9.14. The van der Waals surface area contributed by atoms with Crippen LogP contribution in [0.1, 0.15) is 26.7 Å². The van der Waals surface area contributed by atoms with Crippen LogP contribution in [0.25, 0.3) is 0 Å². The Kier molecular flexibility index (Phi) is 3.81. The first kappa shape index (κ1) is 10.3. The van der Waals surface area contributed by atoms with Gasteiger partial charge in [-0.25, -0.2) is 4.42 Å². The maximum atomic E-state index is 6.22. The third kappa shape index (κ3) is 2.12. The van der Waals surface area contributed by atoms with Gasteiger partial charge in [0.25, 0.3) is 0 Å². The van der Waals surface area contributed by atoms with E-state index in [4.69, 9.17) is 11.8 Å². The van der Waals surface area contributed by atoms with Crippen LogP contribution >= 0.6 is 11.8 Å². The van der Waals surface area contributed by atoms with Crippen molar-refractivity contribution in [3.05, 3.63) is 0 Å². The first-order valence-electron chi connectivity index (χ1n) is 4.81. The lowest BCUT2D eigenvalue weighted by molar-refractivity contribution is 0.103. The molecule has 1 heterocycles. The second-order valence-corrected chi connectivity index (χ2v) is 4.08. The fourth-order valence-corrected chi connectivity index (χ4v) is 2.25. The van der Waals surface area contributed by atoms with E-state index in [-0.39, 0.29) is 0 Å². The lowest BCUT2D eigenvalue weighted by Crippen LogP contribution is -2.53. The van der Waals surface area contributed by atoms with E-state index in [1.807, 2.05) is 4.42 Å². The third-order valence-corrected chi connectivity index (χ3v) is 3.24. The molecule has 1 rings (SSSR count). The number of hydrogen-bond acceptors (Lipinski definition) is 2. The zero-order valence-corrected chi connectivity index (χ0v) is 9.01. The predicted octanol–water partition coefficient (Wildman–Crippen LogP) is 1.94. The summed E-state index contributed by atoms with van der Waals surface area (Å²) in [6.07, 6.45) is 2.29. The Morgan fingerprint density at radius 2 is 1.58 bits per heavy atom. The van der Waals surface area contributed by atoms with Gasteiger partial charge in [-0.2, -0.15) is 0 Å². The average molecular weight is 191 g/mol. The smallest absolute Gasteiger partial charge is 0.0379 e. The molecule has 0 amide bonds. The number of hydrogen-bond donors (Lipinski definition) is 0. The Morgan fingerprint density at radius 1 is 1.17 bits per heavy atom. The molecule has 0 N–H and O–H groups in total. The summed E-state index contributed by atoms with van der Waals surface area (Å²) in [6.45, 7) is 6.62. The monoisotopic (exact) mass is 190 g/mol. The standard InChI is InChI=1S/C9H19ClN2/c1-4-8-6-11(3)7-9(5-2)12(8)10/h8-9H,4-7H2,1-3H3/t8-,9-/m1/s1. The maximum absolute atomic E-state index is 6.22. The molecule has 0 bridgehead atoms. The highest BCUT2D eigenvalue weighted by Crippen LogP contribution is 2.21. The van der Waals surface area contributed by atoms with E-state index in [0.717, 1.165) is 25.9 Å². The quantitative estimate of drug-likeness (QED) is 0.615. The summed E-state index contributed by atoms with van der Waals surface area (Å²) >= 11 is 6.22. The van der Waals surface area contributed by atoms with Crippen molar-refractivity contribution in [1.82, 2.24) is 9.32 Å². The molecule has 0 radical (unpaired) electrons. The number of nitrogens with zero attached hydrogens (tertiary/aromatic N) is 2. The van der Waals surface area contributed by atoms with E-state index in [2.05, 4.69) is 25.8 Å². The molecule has 0 aliphatic carbocycles. The lowest BCUT2D eigenvalue weighted by Gasteiger charge is -2.41. The van der Waals surface area contributed by atoms with Gasteiger partial charge < -0.3 is 4.90 Å². The van der Waals surface area contributed by atoms with E-state index in [1.165, 1.54) is 0 Å². The Balaban J connectivity index is 2.55. The van der Waals surface area contributed by atoms with Gasteiger partial charge in [0.2, 0.25) is 0 Å². The minimum atomic E-state index is 0.537. The minimum Gasteiger partial charge on any atom is -0.303 e. The molecule has 0 aromatic rings. The average Bonchev–Trinajstić information content (AvgIpc) is 2.08. The molecule has 0 aromatic carbocycles. The molecule has 2 atom stereocenters. The second kappa shape index (κ2) is 4.45. The van der Waals surface area contributed by atoms with Crippen LogP contribution in [0, 0.1) is 0 Å². The molecule has 0 spiro atoms. The Hall–Kier alpha value is 0.210. The summed E-state index contributed by atoms with van der Waals surface area (Å²) in [5, 5.41) is 0. The molecule has 12 heavy (non-hydrogen) atoms. The van der Waals surface area contributed by atoms with Gasteiger partial charge >= 0.3 is 0 Å². The first-order chi connectivity index (χ1) is 5.69. The second-order valence-electron chi connectivity index (χ2n) is 3.69. The van der Waals surface area contributed by atoms with Gasteiger partial charge in [-0.15, -0.1) is 0 Å². The summed E-state index contributed by atoms with van der Waals surface area (Å²) in [4.78, 5) is 2.38. The summed E-state index contributed by atoms with van der Waals surface area (Å²) in [5.41, 5.74) is 0. The van der Waals surface area contributed by atoms with Gasteiger partial charge in [0.05, 0.1) is 0 Å². The predicted molar refractivity (Wildman–Crippen MR) is 53.3 cm³/mol. The highest BCUT2D eigenvalue weighted by molar-refractivity contribution is 6.13. The van der Waals surface area contributed by atoms with Gasteiger partial charge in [-0.05, 0) is 31.7 Å². The number of likely N-dealkylation sites (N-methyl/N-ethyl adjacent to an activating group) is 1. The summed E-state index contributed by atoms with van der Waals surface area (Å²) in [7, 11) is 2.18. The van der Waals surface area contributed by atoms with Crippen molar-refractivity contribution in [3.63, 3.8) is 0 Å². The van der Waals surface area contributed by atoms with E-state index < -0.39 is 0 Å². The Labute approximate surface area is 80.6 Å². The van der Waals surface area contributed by atoms with Crippen molar-refractivity contribution in [2.24, 2.45) is 0 Å². The van der Waals surface area contributed by atoms with Crippen LogP contribution < -0.4 is 0 Å².